The number of carbonyl (C=O) groups excluding carboxylic acids is 2. The first-order valence-corrected chi connectivity index (χ1v) is 9.68. The Bertz CT molecular complexity index is 969. The zero-order chi connectivity index (χ0) is 20.6. The molecule has 0 saturated carbocycles. The highest BCUT2D eigenvalue weighted by Gasteiger charge is 2.16. The molecule has 148 valence electrons. The van der Waals surface area contributed by atoms with Gasteiger partial charge < -0.3 is 16.0 Å². The van der Waals surface area contributed by atoms with Crippen molar-refractivity contribution >= 4 is 28.9 Å². The van der Waals surface area contributed by atoms with E-state index in [0.29, 0.717) is 36.3 Å². The zero-order valence-corrected chi connectivity index (χ0v) is 16.5. The molecule has 0 aliphatic rings. The van der Waals surface area contributed by atoms with Crippen LogP contribution in [0.1, 0.15) is 29.3 Å². The third-order valence-corrected chi connectivity index (χ3v) is 4.64. The van der Waals surface area contributed by atoms with Gasteiger partial charge in [-0.1, -0.05) is 36.4 Å². The van der Waals surface area contributed by atoms with Crippen molar-refractivity contribution in [2.75, 3.05) is 22.5 Å². The van der Waals surface area contributed by atoms with Gasteiger partial charge in [0.1, 0.15) is 0 Å². The smallest absolute Gasteiger partial charge is 0.258 e. The summed E-state index contributed by atoms with van der Waals surface area (Å²) in [5.74, 6) is -0.196. The summed E-state index contributed by atoms with van der Waals surface area (Å²) in [4.78, 5) is 27.0. The highest BCUT2D eigenvalue weighted by Crippen LogP contribution is 2.19. The number of carbonyl (C=O) groups is 2. The predicted molar refractivity (Wildman–Crippen MR) is 118 cm³/mol. The van der Waals surface area contributed by atoms with Gasteiger partial charge in [0.05, 0.1) is 0 Å². The SMILES string of the molecule is CCN(C(=O)c1cccc(NC(=O)CCc2ccc(N)cc2)c1)c1ccccc1. The summed E-state index contributed by atoms with van der Waals surface area (Å²) in [5.41, 5.74) is 9.43. The number of amides is 2. The summed E-state index contributed by atoms with van der Waals surface area (Å²) in [6, 6.07) is 24.1. The first-order chi connectivity index (χ1) is 14.1. The minimum atomic E-state index is -0.100. The van der Waals surface area contributed by atoms with E-state index in [0.717, 1.165) is 11.3 Å². The fourth-order valence-electron chi connectivity index (χ4n) is 3.10. The van der Waals surface area contributed by atoms with Crippen molar-refractivity contribution in [1.82, 2.24) is 0 Å². The Balaban J connectivity index is 1.64. The summed E-state index contributed by atoms with van der Waals surface area (Å²) < 4.78 is 0. The van der Waals surface area contributed by atoms with Gasteiger partial charge in [0.15, 0.2) is 0 Å². The van der Waals surface area contributed by atoms with Gasteiger partial charge >= 0.3 is 0 Å². The van der Waals surface area contributed by atoms with E-state index < -0.39 is 0 Å². The Labute approximate surface area is 171 Å². The Hall–Kier alpha value is -3.60. The number of nitrogen functional groups attached to an aromatic ring is 1. The van der Waals surface area contributed by atoms with Crippen LogP contribution in [0.4, 0.5) is 17.1 Å². The second-order valence-corrected chi connectivity index (χ2v) is 6.76. The van der Waals surface area contributed by atoms with Crippen LogP contribution in [0.3, 0.4) is 0 Å². The molecule has 0 saturated heterocycles. The van der Waals surface area contributed by atoms with E-state index in [1.165, 1.54) is 0 Å². The molecule has 5 nitrogen and oxygen atoms in total. The molecule has 0 spiro atoms. The molecule has 0 aliphatic heterocycles. The number of nitrogens with two attached hydrogens (primary N) is 1. The summed E-state index contributed by atoms with van der Waals surface area (Å²) in [6.45, 7) is 2.49. The molecule has 3 aromatic rings. The number of nitrogens with zero attached hydrogens (tertiary/aromatic N) is 1. The molecule has 0 heterocycles. The Morgan fingerprint density at radius 1 is 0.931 bits per heavy atom. The normalized spacial score (nSPS) is 10.4. The molecule has 3 N–H and O–H groups in total. The third kappa shape index (κ3) is 5.45. The third-order valence-electron chi connectivity index (χ3n) is 4.64. The Morgan fingerprint density at radius 3 is 2.34 bits per heavy atom. The fourth-order valence-corrected chi connectivity index (χ4v) is 3.10. The maximum absolute atomic E-state index is 13.0. The van der Waals surface area contributed by atoms with Crippen molar-refractivity contribution in [3.8, 4) is 0 Å². The number of hydrogen-bond donors (Lipinski definition) is 2. The largest absolute Gasteiger partial charge is 0.399 e. The van der Waals surface area contributed by atoms with Gasteiger partial charge in [-0.05, 0) is 61.4 Å². The molecule has 0 aliphatic carbocycles. The highest BCUT2D eigenvalue weighted by atomic mass is 16.2. The van der Waals surface area contributed by atoms with Crippen molar-refractivity contribution in [2.45, 2.75) is 19.8 Å². The van der Waals surface area contributed by atoms with Crippen LogP contribution in [0.15, 0.2) is 78.9 Å². The van der Waals surface area contributed by atoms with E-state index in [4.69, 9.17) is 5.73 Å². The number of benzene rings is 3. The van der Waals surface area contributed by atoms with Crippen molar-refractivity contribution in [3.63, 3.8) is 0 Å². The van der Waals surface area contributed by atoms with Crippen molar-refractivity contribution in [1.29, 1.82) is 0 Å². The van der Waals surface area contributed by atoms with Crippen LogP contribution in [0.2, 0.25) is 0 Å². The first-order valence-electron chi connectivity index (χ1n) is 9.68. The number of anilines is 3. The van der Waals surface area contributed by atoms with Gasteiger partial charge in [-0.3, -0.25) is 9.59 Å². The predicted octanol–water partition coefficient (Wildman–Crippen LogP) is 4.51. The maximum Gasteiger partial charge on any atom is 0.258 e. The molecule has 0 radical (unpaired) electrons. The molecule has 3 aromatic carbocycles. The molecular weight excluding hydrogens is 362 g/mol. The lowest BCUT2D eigenvalue weighted by atomic mass is 10.1. The summed E-state index contributed by atoms with van der Waals surface area (Å²) in [5, 5.41) is 2.88. The first kappa shape index (κ1) is 20.1. The quantitative estimate of drug-likeness (QED) is 0.586. The monoisotopic (exact) mass is 387 g/mol. The fraction of sp³-hybridized carbons (Fsp3) is 0.167. The highest BCUT2D eigenvalue weighted by molar-refractivity contribution is 6.07. The van der Waals surface area contributed by atoms with Crippen molar-refractivity contribution < 1.29 is 9.59 Å². The van der Waals surface area contributed by atoms with Crippen LogP contribution in [-0.4, -0.2) is 18.4 Å². The topological polar surface area (TPSA) is 75.4 Å². The van der Waals surface area contributed by atoms with Crippen LogP contribution >= 0.6 is 0 Å². The molecule has 0 aromatic heterocycles. The second-order valence-electron chi connectivity index (χ2n) is 6.76. The number of hydrogen-bond acceptors (Lipinski definition) is 3. The second kappa shape index (κ2) is 9.55. The molecule has 29 heavy (non-hydrogen) atoms. The molecule has 3 rings (SSSR count). The average molecular weight is 387 g/mol. The molecule has 5 heteroatoms. The zero-order valence-electron chi connectivity index (χ0n) is 16.5. The van der Waals surface area contributed by atoms with E-state index in [1.807, 2.05) is 61.5 Å². The standard InChI is InChI=1S/C24H25N3O2/c1-2-27(22-9-4-3-5-10-22)24(29)19-7-6-8-21(17-19)26-23(28)16-13-18-11-14-20(25)15-12-18/h3-12,14-15,17H,2,13,16,25H2,1H3,(H,26,28). The molecule has 0 atom stereocenters. The summed E-state index contributed by atoms with van der Waals surface area (Å²) >= 11 is 0. The number of aryl methyl sites for hydroxylation is 1. The Morgan fingerprint density at radius 2 is 1.66 bits per heavy atom. The van der Waals surface area contributed by atoms with Crippen LogP contribution in [-0.2, 0) is 11.2 Å². The lowest BCUT2D eigenvalue weighted by molar-refractivity contribution is -0.116. The van der Waals surface area contributed by atoms with E-state index in [1.54, 1.807) is 29.2 Å². The van der Waals surface area contributed by atoms with Gasteiger partial charge in [0, 0.05) is 35.6 Å². The molecule has 0 unspecified atom stereocenters. The Kier molecular flexibility index (Phi) is 6.63. The van der Waals surface area contributed by atoms with Crippen molar-refractivity contribution in [3.05, 3.63) is 90.0 Å². The number of para-hydroxylation sites is 1. The molecule has 0 fully saturated rings. The minimum absolute atomic E-state index is 0.0955. The van der Waals surface area contributed by atoms with Crippen LogP contribution in [0.5, 0.6) is 0 Å². The van der Waals surface area contributed by atoms with E-state index in [9.17, 15) is 9.59 Å². The maximum atomic E-state index is 13.0. The lowest BCUT2D eigenvalue weighted by Crippen LogP contribution is -2.30. The van der Waals surface area contributed by atoms with Crippen LogP contribution in [0.25, 0.3) is 0 Å². The van der Waals surface area contributed by atoms with Crippen molar-refractivity contribution in [2.24, 2.45) is 0 Å². The van der Waals surface area contributed by atoms with Gasteiger partial charge in [0.2, 0.25) is 5.91 Å². The molecular formula is C24H25N3O2. The van der Waals surface area contributed by atoms with Crippen LogP contribution < -0.4 is 16.0 Å². The lowest BCUT2D eigenvalue weighted by Gasteiger charge is -2.21. The minimum Gasteiger partial charge on any atom is -0.399 e. The van der Waals surface area contributed by atoms with Gasteiger partial charge in [-0.15, -0.1) is 0 Å². The summed E-state index contributed by atoms with van der Waals surface area (Å²) in [7, 11) is 0. The van der Waals surface area contributed by atoms with Crippen LogP contribution in [0, 0.1) is 0 Å². The molecule has 2 amide bonds. The molecule has 0 bridgehead atoms. The van der Waals surface area contributed by atoms with E-state index >= 15 is 0 Å². The summed E-state index contributed by atoms with van der Waals surface area (Å²) in [6.07, 6.45) is 0.982. The average Bonchev–Trinajstić information content (AvgIpc) is 2.75. The number of nitrogens with one attached hydrogen (secondary N) is 1. The van der Waals surface area contributed by atoms with Gasteiger partial charge in [0.25, 0.3) is 5.91 Å². The van der Waals surface area contributed by atoms with E-state index in [-0.39, 0.29) is 11.8 Å². The van der Waals surface area contributed by atoms with Gasteiger partial charge in [-0.25, -0.2) is 0 Å². The number of rotatable bonds is 7. The van der Waals surface area contributed by atoms with E-state index in [2.05, 4.69) is 5.32 Å². The van der Waals surface area contributed by atoms with Gasteiger partial charge in [-0.2, -0.15) is 0 Å².